The van der Waals surface area contributed by atoms with E-state index in [0.717, 1.165) is 23.7 Å². The Morgan fingerprint density at radius 1 is 1.40 bits per heavy atom. The van der Waals surface area contributed by atoms with Gasteiger partial charge < -0.3 is 9.84 Å². The fraction of sp³-hybridized carbons (Fsp3) is 0.400. The summed E-state index contributed by atoms with van der Waals surface area (Å²) in [5.41, 5.74) is 0.963. The first kappa shape index (κ1) is 13.7. The highest BCUT2D eigenvalue weighted by molar-refractivity contribution is 7.09. The summed E-state index contributed by atoms with van der Waals surface area (Å²) >= 11 is 1.62. The smallest absolute Gasteiger partial charge is 0.123 e. The van der Waals surface area contributed by atoms with Crippen molar-refractivity contribution in [2.24, 2.45) is 0 Å². The normalized spacial score (nSPS) is 21.8. The van der Waals surface area contributed by atoms with Crippen LogP contribution < -0.4 is 0 Å². The molecule has 1 fully saturated rings. The third-order valence-corrected chi connectivity index (χ3v) is 4.36. The molecule has 1 aliphatic rings. The van der Waals surface area contributed by atoms with Crippen LogP contribution in [0.2, 0.25) is 0 Å². The van der Waals surface area contributed by atoms with E-state index in [2.05, 4.69) is 9.88 Å². The van der Waals surface area contributed by atoms with Crippen molar-refractivity contribution in [2.45, 2.75) is 12.2 Å². The van der Waals surface area contributed by atoms with Gasteiger partial charge in [0.2, 0.25) is 0 Å². The van der Waals surface area contributed by atoms with E-state index in [1.807, 2.05) is 35.7 Å². The molecule has 3 rings (SSSR count). The highest BCUT2D eigenvalue weighted by atomic mass is 32.1. The number of morpholine rings is 1. The molecule has 0 aliphatic carbocycles. The van der Waals surface area contributed by atoms with E-state index >= 15 is 0 Å². The van der Waals surface area contributed by atoms with Gasteiger partial charge in [-0.1, -0.05) is 30.3 Å². The number of hydrogen-bond donors (Lipinski definition) is 1. The number of rotatable bonds is 4. The van der Waals surface area contributed by atoms with Gasteiger partial charge in [0.25, 0.3) is 0 Å². The van der Waals surface area contributed by atoms with Crippen LogP contribution in [0.4, 0.5) is 0 Å². The van der Waals surface area contributed by atoms with Crippen molar-refractivity contribution >= 4 is 11.3 Å². The zero-order valence-corrected chi connectivity index (χ0v) is 12.0. The van der Waals surface area contributed by atoms with Gasteiger partial charge in [-0.25, -0.2) is 4.98 Å². The van der Waals surface area contributed by atoms with Gasteiger partial charge in [-0.3, -0.25) is 4.90 Å². The third kappa shape index (κ3) is 3.24. The monoisotopic (exact) mass is 290 g/mol. The topological polar surface area (TPSA) is 45.6 Å². The van der Waals surface area contributed by atoms with Crippen LogP contribution in [0.25, 0.3) is 0 Å². The molecule has 5 heteroatoms. The van der Waals surface area contributed by atoms with Crippen molar-refractivity contribution in [1.82, 2.24) is 9.88 Å². The molecule has 20 heavy (non-hydrogen) atoms. The average molecular weight is 290 g/mol. The number of hydrogen-bond acceptors (Lipinski definition) is 5. The Morgan fingerprint density at radius 2 is 2.25 bits per heavy atom. The van der Waals surface area contributed by atoms with Crippen LogP contribution in [-0.4, -0.2) is 41.2 Å². The summed E-state index contributed by atoms with van der Waals surface area (Å²) in [5.74, 6) is 0. The van der Waals surface area contributed by atoms with Crippen molar-refractivity contribution in [3.63, 3.8) is 0 Å². The van der Waals surface area contributed by atoms with Gasteiger partial charge >= 0.3 is 0 Å². The molecule has 1 aromatic carbocycles. The van der Waals surface area contributed by atoms with E-state index in [-0.39, 0.29) is 6.10 Å². The van der Waals surface area contributed by atoms with E-state index in [9.17, 15) is 5.11 Å². The van der Waals surface area contributed by atoms with Gasteiger partial charge in [-0.15, -0.1) is 11.3 Å². The average Bonchev–Trinajstić information content (AvgIpc) is 3.03. The first-order valence-corrected chi connectivity index (χ1v) is 7.67. The second-order valence-electron chi connectivity index (χ2n) is 4.92. The number of aromatic nitrogens is 1. The number of aliphatic hydroxyl groups excluding tert-OH is 1. The first-order valence-electron chi connectivity index (χ1n) is 6.79. The molecule has 2 aromatic rings. The highest BCUT2D eigenvalue weighted by Crippen LogP contribution is 2.25. The molecule has 1 aliphatic heterocycles. The first-order chi connectivity index (χ1) is 9.83. The van der Waals surface area contributed by atoms with Gasteiger partial charge in [-0.2, -0.15) is 0 Å². The maximum absolute atomic E-state index is 10.3. The number of aliphatic hydroxyl groups is 1. The van der Waals surface area contributed by atoms with Crippen LogP contribution in [0.3, 0.4) is 0 Å². The van der Waals surface area contributed by atoms with Crippen molar-refractivity contribution in [2.75, 3.05) is 26.2 Å². The standard InChI is InChI=1S/C15H18N2O2S/c18-13(12-4-2-1-3-5-12)10-17-7-8-19-14(11-17)15-16-6-9-20-15/h1-6,9,13-14,18H,7-8,10-11H2. The van der Waals surface area contributed by atoms with Gasteiger partial charge in [-0.05, 0) is 5.56 Å². The van der Waals surface area contributed by atoms with E-state index in [1.54, 1.807) is 17.5 Å². The summed E-state index contributed by atoms with van der Waals surface area (Å²) in [4.78, 5) is 6.56. The summed E-state index contributed by atoms with van der Waals surface area (Å²) in [7, 11) is 0. The predicted octanol–water partition coefficient (Wildman–Crippen LogP) is 2.25. The number of benzene rings is 1. The summed E-state index contributed by atoms with van der Waals surface area (Å²) < 4.78 is 5.76. The van der Waals surface area contributed by atoms with Crippen LogP contribution >= 0.6 is 11.3 Å². The Kier molecular flexibility index (Phi) is 4.42. The number of β-amino-alcohol motifs (C(OH)–C–C–N with tert-alkyl or cyclic N) is 1. The lowest BCUT2D eigenvalue weighted by atomic mass is 10.1. The second-order valence-corrected chi connectivity index (χ2v) is 5.84. The molecule has 106 valence electrons. The second kappa shape index (κ2) is 6.45. The van der Waals surface area contributed by atoms with Gasteiger partial charge in [0, 0.05) is 31.2 Å². The van der Waals surface area contributed by atoms with Crippen LogP contribution in [0.5, 0.6) is 0 Å². The van der Waals surface area contributed by atoms with Crippen LogP contribution in [-0.2, 0) is 4.74 Å². The molecule has 2 unspecified atom stereocenters. The van der Waals surface area contributed by atoms with Crippen molar-refractivity contribution in [1.29, 1.82) is 0 Å². The van der Waals surface area contributed by atoms with Crippen LogP contribution in [0.15, 0.2) is 41.9 Å². The van der Waals surface area contributed by atoms with Crippen LogP contribution in [0.1, 0.15) is 22.8 Å². The quantitative estimate of drug-likeness (QED) is 0.938. The maximum atomic E-state index is 10.3. The minimum absolute atomic E-state index is 0.0340. The van der Waals surface area contributed by atoms with E-state index in [4.69, 9.17) is 4.74 Å². The molecule has 1 N–H and O–H groups in total. The molecule has 1 aromatic heterocycles. The zero-order valence-electron chi connectivity index (χ0n) is 11.2. The molecule has 0 amide bonds. The predicted molar refractivity (Wildman–Crippen MR) is 78.6 cm³/mol. The van der Waals surface area contributed by atoms with Crippen molar-refractivity contribution in [3.05, 3.63) is 52.5 Å². The minimum atomic E-state index is -0.453. The Labute approximate surface area is 122 Å². The van der Waals surface area contributed by atoms with Crippen LogP contribution in [0, 0.1) is 0 Å². The largest absolute Gasteiger partial charge is 0.387 e. The lowest BCUT2D eigenvalue weighted by Crippen LogP contribution is -2.40. The highest BCUT2D eigenvalue weighted by Gasteiger charge is 2.25. The Bertz CT molecular complexity index is 518. The third-order valence-electron chi connectivity index (χ3n) is 3.49. The lowest BCUT2D eigenvalue weighted by molar-refractivity contribution is -0.0424. The maximum Gasteiger partial charge on any atom is 0.123 e. The molecular weight excluding hydrogens is 272 g/mol. The van der Waals surface area contributed by atoms with Crippen molar-refractivity contribution in [3.8, 4) is 0 Å². The molecule has 2 atom stereocenters. The fourth-order valence-corrected chi connectivity index (χ4v) is 3.11. The molecular formula is C15H18N2O2S. The SMILES string of the molecule is OC(CN1CCOC(c2nccs2)C1)c1ccccc1. The molecule has 0 spiro atoms. The fourth-order valence-electron chi connectivity index (χ4n) is 2.44. The summed E-state index contributed by atoms with van der Waals surface area (Å²) in [6.07, 6.45) is 1.39. The summed E-state index contributed by atoms with van der Waals surface area (Å²) in [6, 6.07) is 9.79. The summed E-state index contributed by atoms with van der Waals surface area (Å²) in [5, 5.41) is 13.3. The summed E-state index contributed by atoms with van der Waals surface area (Å²) in [6.45, 7) is 2.96. The molecule has 1 saturated heterocycles. The molecule has 0 radical (unpaired) electrons. The number of thiazole rings is 1. The van der Waals surface area contributed by atoms with E-state index < -0.39 is 6.10 Å². The lowest BCUT2D eigenvalue weighted by Gasteiger charge is -2.33. The molecule has 4 nitrogen and oxygen atoms in total. The Hall–Kier alpha value is -1.27. The van der Waals surface area contributed by atoms with Gasteiger partial charge in [0.15, 0.2) is 0 Å². The molecule has 2 heterocycles. The number of nitrogens with zero attached hydrogens (tertiary/aromatic N) is 2. The minimum Gasteiger partial charge on any atom is -0.387 e. The Balaban J connectivity index is 1.60. The van der Waals surface area contributed by atoms with Gasteiger partial charge in [0.05, 0.1) is 12.7 Å². The molecule has 0 saturated carbocycles. The zero-order chi connectivity index (χ0) is 13.8. The van der Waals surface area contributed by atoms with E-state index in [1.165, 1.54) is 0 Å². The van der Waals surface area contributed by atoms with E-state index in [0.29, 0.717) is 13.2 Å². The molecule has 0 bridgehead atoms. The Morgan fingerprint density at radius 3 is 3.00 bits per heavy atom. The van der Waals surface area contributed by atoms with Gasteiger partial charge in [0.1, 0.15) is 11.1 Å². The number of ether oxygens (including phenoxy) is 1. The van der Waals surface area contributed by atoms with Crippen molar-refractivity contribution < 1.29 is 9.84 Å².